The number of carbonyl (C=O) groups is 2. The van der Waals surface area contributed by atoms with E-state index in [0.29, 0.717) is 34.7 Å². The van der Waals surface area contributed by atoms with Crippen LogP contribution in [0.25, 0.3) is 11.1 Å². The molecule has 140 valence electrons. The molecule has 7 heteroatoms. The molecular weight excluding hydrogens is 346 g/mol. The topological polar surface area (TPSA) is 93.5 Å². The van der Waals surface area contributed by atoms with Crippen LogP contribution in [-0.2, 0) is 4.79 Å². The molecule has 27 heavy (non-hydrogen) atoms. The van der Waals surface area contributed by atoms with Crippen LogP contribution in [0.2, 0.25) is 0 Å². The van der Waals surface area contributed by atoms with Gasteiger partial charge in [0.2, 0.25) is 5.91 Å². The second-order valence-electron chi connectivity index (χ2n) is 6.07. The highest BCUT2D eigenvalue weighted by atomic mass is 16.5. The Kier molecular flexibility index (Phi) is 5.71. The Morgan fingerprint density at radius 2 is 2.00 bits per heavy atom. The summed E-state index contributed by atoms with van der Waals surface area (Å²) in [6.07, 6.45) is 2.00. The molecule has 0 aliphatic heterocycles. The van der Waals surface area contributed by atoms with Gasteiger partial charge in [-0.05, 0) is 36.8 Å². The number of ether oxygens (including phenoxy) is 1. The first-order chi connectivity index (χ1) is 13.0. The molecule has 7 nitrogen and oxygen atoms in total. The number of aromatic nitrogens is 1. The molecule has 2 amide bonds. The van der Waals surface area contributed by atoms with Crippen LogP contribution in [-0.4, -0.2) is 23.4 Å². The van der Waals surface area contributed by atoms with Gasteiger partial charge in [0.1, 0.15) is 11.3 Å². The number of hydrogen-bond donors (Lipinski definition) is 2. The zero-order valence-electron chi connectivity index (χ0n) is 15.2. The van der Waals surface area contributed by atoms with Gasteiger partial charge in [-0.25, -0.2) is 0 Å². The smallest absolute Gasteiger partial charge is 0.302 e. The van der Waals surface area contributed by atoms with Crippen molar-refractivity contribution in [1.29, 1.82) is 0 Å². The summed E-state index contributed by atoms with van der Waals surface area (Å²) in [4.78, 5) is 27.8. The summed E-state index contributed by atoms with van der Waals surface area (Å²) < 4.78 is 11.2. The fourth-order valence-corrected chi connectivity index (χ4v) is 2.49. The maximum atomic E-state index is 12.5. The zero-order chi connectivity index (χ0) is 19.2. The maximum Gasteiger partial charge on any atom is 0.302 e. The Labute approximate surface area is 156 Å². The first-order valence-electron chi connectivity index (χ1n) is 8.77. The van der Waals surface area contributed by atoms with E-state index in [-0.39, 0.29) is 17.8 Å². The summed E-state index contributed by atoms with van der Waals surface area (Å²) in [6.45, 7) is 4.13. The molecule has 1 heterocycles. The van der Waals surface area contributed by atoms with Crippen molar-refractivity contribution in [3.8, 4) is 5.75 Å². The third-order valence-electron chi connectivity index (χ3n) is 3.79. The quantitative estimate of drug-likeness (QED) is 0.610. The van der Waals surface area contributed by atoms with Gasteiger partial charge in [-0.1, -0.05) is 19.4 Å². The van der Waals surface area contributed by atoms with E-state index < -0.39 is 0 Å². The Morgan fingerprint density at radius 1 is 1.15 bits per heavy atom. The highest BCUT2D eigenvalue weighted by Gasteiger charge is 2.13. The molecule has 0 atom stereocenters. The van der Waals surface area contributed by atoms with Crippen LogP contribution in [0, 0.1) is 0 Å². The summed E-state index contributed by atoms with van der Waals surface area (Å²) in [7, 11) is 0. The fraction of sp³-hybridized carbons (Fsp3) is 0.250. The molecule has 0 bridgehead atoms. The first-order valence-corrected chi connectivity index (χ1v) is 8.77. The number of anilines is 2. The van der Waals surface area contributed by atoms with Crippen LogP contribution in [0.3, 0.4) is 0 Å². The van der Waals surface area contributed by atoms with Crippen LogP contribution < -0.4 is 15.4 Å². The predicted molar refractivity (Wildman–Crippen MR) is 103 cm³/mol. The van der Waals surface area contributed by atoms with Crippen molar-refractivity contribution in [2.45, 2.75) is 26.7 Å². The molecule has 3 aromatic rings. The molecule has 3 rings (SSSR count). The van der Waals surface area contributed by atoms with Gasteiger partial charge >= 0.3 is 6.01 Å². The lowest BCUT2D eigenvalue weighted by molar-refractivity contribution is -0.114. The van der Waals surface area contributed by atoms with Crippen LogP contribution >= 0.6 is 0 Å². The van der Waals surface area contributed by atoms with Gasteiger partial charge in [-0.3, -0.25) is 14.9 Å². The molecule has 0 aliphatic rings. The molecule has 0 unspecified atom stereocenters. The van der Waals surface area contributed by atoms with E-state index in [9.17, 15) is 9.59 Å². The Bertz CT molecular complexity index is 965. The monoisotopic (exact) mass is 367 g/mol. The number of nitrogens with zero attached hydrogens (tertiary/aromatic N) is 1. The SMILES string of the molecule is CCCCOc1cccc(C(=O)Nc2nc3ccc(NC(C)=O)cc3o2)c1. The molecule has 0 saturated heterocycles. The van der Waals surface area contributed by atoms with E-state index in [1.807, 2.05) is 6.07 Å². The largest absolute Gasteiger partial charge is 0.494 e. The highest BCUT2D eigenvalue weighted by molar-refractivity contribution is 6.03. The average molecular weight is 367 g/mol. The summed E-state index contributed by atoms with van der Waals surface area (Å²) in [5.74, 6) is 0.127. The lowest BCUT2D eigenvalue weighted by Crippen LogP contribution is -2.12. The van der Waals surface area contributed by atoms with Crippen molar-refractivity contribution in [2.24, 2.45) is 0 Å². The number of amides is 2. The molecule has 0 aliphatic carbocycles. The molecule has 2 N–H and O–H groups in total. The van der Waals surface area contributed by atoms with Crippen LogP contribution in [0.1, 0.15) is 37.0 Å². The Hall–Kier alpha value is -3.35. The van der Waals surface area contributed by atoms with Crippen LogP contribution in [0.5, 0.6) is 5.75 Å². The van der Waals surface area contributed by atoms with E-state index in [2.05, 4.69) is 22.5 Å². The molecule has 1 aromatic heterocycles. The number of benzene rings is 2. The van der Waals surface area contributed by atoms with Crippen molar-refractivity contribution >= 4 is 34.6 Å². The van der Waals surface area contributed by atoms with Crippen LogP contribution in [0.15, 0.2) is 46.9 Å². The second kappa shape index (κ2) is 8.35. The number of nitrogens with one attached hydrogen (secondary N) is 2. The molecule has 0 spiro atoms. The number of unbranched alkanes of at least 4 members (excludes halogenated alkanes) is 1. The molecule has 0 fully saturated rings. The third kappa shape index (κ3) is 4.84. The van der Waals surface area contributed by atoms with E-state index in [4.69, 9.17) is 9.15 Å². The molecular formula is C20H21N3O4. The van der Waals surface area contributed by atoms with E-state index >= 15 is 0 Å². The van der Waals surface area contributed by atoms with E-state index in [1.54, 1.807) is 36.4 Å². The van der Waals surface area contributed by atoms with Crippen LogP contribution in [0.4, 0.5) is 11.7 Å². The number of fused-ring (bicyclic) bond motifs is 1. The third-order valence-corrected chi connectivity index (χ3v) is 3.79. The number of rotatable bonds is 7. The summed E-state index contributed by atoms with van der Waals surface area (Å²) in [6, 6.07) is 12.1. The maximum absolute atomic E-state index is 12.5. The molecule has 0 radical (unpaired) electrons. The van der Waals surface area contributed by atoms with E-state index in [0.717, 1.165) is 12.8 Å². The summed E-state index contributed by atoms with van der Waals surface area (Å²) >= 11 is 0. The second-order valence-corrected chi connectivity index (χ2v) is 6.07. The minimum absolute atomic E-state index is 0.0901. The van der Waals surface area contributed by atoms with Gasteiger partial charge in [0.05, 0.1) is 6.61 Å². The minimum atomic E-state index is -0.343. The first kappa shape index (κ1) is 18.4. The average Bonchev–Trinajstić information content (AvgIpc) is 3.03. The lowest BCUT2D eigenvalue weighted by Gasteiger charge is -2.07. The number of hydrogen-bond acceptors (Lipinski definition) is 5. The molecule has 2 aromatic carbocycles. The van der Waals surface area contributed by atoms with Gasteiger partial charge in [0, 0.05) is 24.2 Å². The number of carbonyl (C=O) groups excluding carboxylic acids is 2. The fourth-order valence-electron chi connectivity index (χ4n) is 2.49. The van der Waals surface area contributed by atoms with Gasteiger partial charge < -0.3 is 14.5 Å². The van der Waals surface area contributed by atoms with Gasteiger partial charge in [0.25, 0.3) is 5.91 Å². The standard InChI is InChI=1S/C20H21N3O4/c1-3-4-10-26-16-7-5-6-14(11-16)19(25)23-20-22-17-9-8-15(21-13(2)24)12-18(17)27-20/h5-9,11-12H,3-4,10H2,1-2H3,(H,21,24)(H,22,23,25). The summed E-state index contributed by atoms with van der Waals surface area (Å²) in [5.41, 5.74) is 2.09. The normalized spacial score (nSPS) is 10.6. The van der Waals surface area contributed by atoms with Crippen molar-refractivity contribution in [1.82, 2.24) is 4.98 Å². The van der Waals surface area contributed by atoms with Gasteiger partial charge in [-0.15, -0.1) is 0 Å². The van der Waals surface area contributed by atoms with Crippen molar-refractivity contribution in [3.63, 3.8) is 0 Å². The van der Waals surface area contributed by atoms with Gasteiger partial charge in [0.15, 0.2) is 5.58 Å². The van der Waals surface area contributed by atoms with Crippen molar-refractivity contribution < 1.29 is 18.7 Å². The summed E-state index contributed by atoms with van der Waals surface area (Å²) in [5, 5.41) is 5.31. The van der Waals surface area contributed by atoms with Crippen molar-refractivity contribution in [3.05, 3.63) is 48.0 Å². The highest BCUT2D eigenvalue weighted by Crippen LogP contribution is 2.23. The zero-order valence-corrected chi connectivity index (χ0v) is 15.2. The minimum Gasteiger partial charge on any atom is -0.494 e. The lowest BCUT2D eigenvalue weighted by atomic mass is 10.2. The molecule has 0 saturated carbocycles. The number of oxazole rings is 1. The van der Waals surface area contributed by atoms with E-state index in [1.165, 1.54) is 6.92 Å². The Morgan fingerprint density at radius 3 is 2.78 bits per heavy atom. The Balaban J connectivity index is 1.72. The predicted octanol–water partition coefficient (Wildman–Crippen LogP) is 4.22. The van der Waals surface area contributed by atoms with Gasteiger partial charge in [-0.2, -0.15) is 4.98 Å². The van der Waals surface area contributed by atoms with Crippen molar-refractivity contribution in [2.75, 3.05) is 17.2 Å².